The van der Waals surface area contributed by atoms with Crippen LogP contribution in [-0.4, -0.2) is 26.8 Å². The van der Waals surface area contributed by atoms with Crippen molar-refractivity contribution in [3.05, 3.63) is 71.8 Å². The number of hydrogen-bond donors (Lipinski definition) is 0. The molecule has 0 saturated heterocycles. The van der Waals surface area contributed by atoms with Crippen LogP contribution in [0, 0.1) is 0 Å². The van der Waals surface area contributed by atoms with Gasteiger partial charge < -0.3 is 14.2 Å². The van der Waals surface area contributed by atoms with E-state index in [-0.39, 0.29) is 0 Å². The van der Waals surface area contributed by atoms with Crippen LogP contribution < -0.4 is 9.47 Å². The lowest BCUT2D eigenvalue weighted by Gasteiger charge is -2.12. The van der Waals surface area contributed by atoms with Crippen LogP contribution in [0.3, 0.4) is 0 Å². The molecule has 0 bridgehead atoms. The van der Waals surface area contributed by atoms with E-state index in [2.05, 4.69) is 6.58 Å². The largest absolute Gasteiger partial charge is 0.493 e. The Labute approximate surface area is 148 Å². The Bertz CT molecular complexity index is 776. The quantitative estimate of drug-likeness (QED) is 0.427. The van der Waals surface area contributed by atoms with Crippen molar-refractivity contribution < 1.29 is 19.0 Å². The van der Waals surface area contributed by atoms with Gasteiger partial charge in [-0.3, -0.25) is 0 Å². The highest BCUT2D eigenvalue weighted by molar-refractivity contribution is 6.09. The van der Waals surface area contributed by atoms with Crippen molar-refractivity contribution in [2.24, 2.45) is 0 Å². The van der Waals surface area contributed by atoms with Gasteiger partial charge in [0.05, 0.1) is 26.4 Å². The van der Waals surface area contributed by atoms with Gasteiger partial charge in [-0.25, -0.2) is 4.79 Å². The summed E-state index contributed by atoms with van der Waals surface area (Å²) in [7, 11) is 3.15. The zero-order valence-electron chi connectivity index (χ0n) is 14.7. The molecule has 0 saturated carbocycles. The van der Waals surface area contributed by atoms with Crippen molar-refractivity contribution in [1.82, 2.24) is 0 Å². The van der Waals surface area contributed by atoms with E-state index in [0.717, 1.165) is 11.1 Å². The molecule has 0 aliphatic rings. The van der Waals surface area contributed by atoms with E-state index in [1.54, 1.807) is 39.4 Å². The molecule has 0 aliphatic heterocycles. The molecule has 0 amide bonds. The summed E-state index contributed by atoms with van der Waals surface area (Å²) >= 11 is 0. The van der Waals surface area contributed by atoms with E-state index < -0.39 is 5.97 Å². The van der Waals surface area contributed by atoms with E-state index in [1.807, 2.05) is 36.4 Å². The first kappa shape index (κ1) is 18.3. The molecule has 0 spiro atoms. The lowest BCUT2D eigenvalue weighted by molar-refractivity contribution is -0.137. The second-order valence-electron chi connectivity index (χ2n) is 5.24. The summed E-state index contributed by atoms with van der Waals surface area (Å²) in [6, 6.07) is 15.0. The Morgan fingerprint density at radius 3 is 2.32 bits per heavy atom. The van der Waals surface area contributed by atoms with Crippen molar-refractivity contribution in [1.29, 1.82) is 0 Å². The van der Waals surface area contributed by atoms with E-state index in [0.29, 0.717) is 29.3 Å². The lowest BCUT2D eigenvalue weighted by atomic mass is 9.97. The second-order valence-corrected chi connectivity index (χ2v) is 5.24. The zero-order valence-corrected chi connectivity index (χ0v) is 14.7. The van der Waals surface area contributed by atoms with Crippen LogP contribution in [0.25, 0.3) is 11.6 Å². The van der Waals surface area contributed by atoms with Gasteiger partial charge in [0, 0.05) is 0 Å². The molecule has 0 atom stereocenters. The van der Waals surface area contributed by atoms with E-state index in [1.165, 1.54) is 0 Å². The highest BCUT2D eigenvalue weighted by Gasteiger charge is 2.16. The van der Waals surface area contributed by atoms with Crippen molar-refractivity contribution in [3.8, 4) is 11.5 Å². The maximum atomic E-state index is 12.4. The summed E-state index contributed by atoms with van der Waals surface area (Å²) < 4.78 is 15.8. The van der Waals surface area contributed by atoms with Crippen LogP contribution in [0.15, 0.2) is 60.7 Å². The van der Waals surface area contributed by atoms with Gasteiger partial charge in [0.25, 0.3) is 0 Å². The Balaban J connectivity index is 2.46. The van der Waals surface area contributed by atoms with Crippen molar-refractivity contribution in [2.75, 3.05) is 20.8 Å². The number of rotatable bonds is 7. The number of methoxy groups -OCH3 is 2. The third kappa shape index (κ3) is 4.51. The predicted molar refractivity (Wildman–Crippen MR) is 99.6 cm³/mol. The number of carbonyl (C=O) groups excluding carboxylic acids is 1. The highest BCUT2D eigenvalue weighted by atomic mass is 16.5. The van der Waals surface area contributed by atoms with Crippen LogP contribution in [0.4, 0.5) is 0 Å². The summed E-state index contributed by atoms with van der Waals surface area (Å²) in [5, 5.41) is 0. The molecular weight excluding hydrogens is 316 g/mol. The summed E-state index contributed by atoms with van der Waals surface area (Å²) in [5.41, 5.74) is 2.66. The van der Waals surface area contributed by atoms with Gasteiger partial charge in [-0.15, -0.1) is 0 Å². The number of ether oxygens (including phenoxy) is 3. The Kier molecular flexibility index (Phi) is 6.40. The Morgan fingerprint density at radius 2 is 1.72 bits per heavy atom. The zero-order chi connectivity index (χ0) is 18.2. The molecule has 0 heterocycles. The fourth-order valence-corrected chi connectivity index (χ4v) is 2.38. The predicted octanol–water partition coefficient (Wildman–Crippen LogP) is 4.36. The molecule has 0 radical (unpaired) electrons. The van der Waals surface area contributed by atoms with Crippen molar-refractivity contribution in [3.63, 3.8) is 0 Å². The van der Waals surface area contributed by atoms with Crippen LogP contribution in [0.2, 0.25) is 0 Å². The minimum absolute atomic E-state index is 0.296. The summed E-state index contributed by atoms with van der Waals surface area (Å²) in [6.07, 6.45) is 1.75. The van der Waals surface area contributed by atoms with Gasteiger partial charge in [-0.05, 0) is 41.8 Å². The molecule has 0 fully saturated rings. The molecule has 130 valence electrons. The molecule has 0 N–H and O–H groups in total. The molecule has 2 rings (SSSR count). The minimum Gasteiger partial charge on any atom is -0.493 e. The third-order valence-electron chi connectivity index (χ3n) is 3.66. The standard InChI is InChI=1S/C21H22O4/c1-5-25-21(22)18(15(2)17-9-7-6-8-10-17)13-16-11-12-19(23-3)20(14-16)24-4/h6-14H,2,5H2,1,3-4H3/b18-13+. The molecule has 2 aromatic carbocycles. The first-order chi connectivity index (χ1) is 12.1. The first-order valence-corrected chi connectivity index (χ1v) is 7.96. The number of benzene rings is 2. The first-order valence-electron chi connectivity index (χ1n) is 7.96. The fraction of sp³-hybridized carbons (Fsp3) is 0.190. The number of hydrogen-bond acceptors (Lipinski definition) is 4. The van der Waals surface area contributed by atoms with Gasteiger partial charge in [-0.1, -0.05) is 43.0 Å². The van der Waals surface area contributed by atoms with E-state index in [9.17, 15) is 4.79 Å². The van der Waals surface area contributed by atoms with E-state index >= 15 is 0 Å². The van der Waals surface area contributed by atoms with Gasteiger partial charge in [0.15, 0.2) is 11.5 Å². The molecule has 0 aromatic heterocycles. The van der Waals surface area contributed by atoms with Crippen LogP contribution in [0.1, 0.15) is 18.1 Å². The minimum atomic E-state index is -0.411. The van der Waals surface area contributed by atoms with E-state index in [4.69, 9.17) is 14.2 Å². The monoisotopic (exact) mass is 338 g/mol. The SMILES string of the molecule is C=C(/C(=C\c1ccc(OC)c(OC)c1)C(=O)OCC)c1ccccc1. The smallest absolute Gasteiger partial charge is 0.338 e. The van der Waals surface area contributed by atoms with Crippen molar-refractivity contribution in [2.45, 2.75) is 6.92 Å². The molecule has 0 unspecified atom stereocenters. The average molecular weight is 338 g/mol. The van der Waals surface area contributed by atoms with Crippen molar-refractivity contribution >= 4 is 17.6 Å². The Morgan fingerprint density at radius 1 is 1.04 bits per heavy atom. The van der Waals surface area contributed by atoms with Crippen LogP contribution in [-0.2, 0) is 9.53 Å². The van der Waals surface area contributed by atoms with Gasteiger partial charge in [-0.2, -0.15) is 0 Å². The second kappa shape index (κ2) is 8.73. The molecule has 25 heavy (non-hydrogen) atoms. The maximum Gasteiger partial charge on any atom is 0.338 e. The van der Waals surface area contributed by atoms with Gasteiger partial charge in [0.2, 0.25) is 0 Å². The molecule has 4 heteroatoms. The molecular formula is C21H22O4. The number of carbonyl (C=O) groups is 1. The van der Waals surface area contributed by atoms with Gasteiger partial charge >= 0.3 is 5.97 Å². The van der Waals surface area contributed by atoms with Crippen LogP contribution in [0.5, 0.6) is 11.5 Å². The molecule has 4 nitrogen and oxygen atoms in total. The van der Waals surface area contributed by atoms with Gasteiger partial charge in [0.1, 0.15) is 0 Å². The third-order valence-corrected chi connectivity index (χ3v) is 3.66. The fourth-order valence-electron chi connectivity index (χ4n) is 2.38. The highest BCUT2D eigenvalue weighted by Crippen LogP contribution is 2.30. The molecule has 0 aliphatic carbocycles. The summed E-state index contributed by atoms with van der Waals surface area (Å²) in [6.45, 7) is 6.15. The average Bonchev–Trinajstić information content (AvgIpc) is 2.66. The molecule has 2 aromatic rings. The van der Waals surface area contributed by atoms with Crippen LogP contribution >= 0.6 is 0 Å². The number of esters is 1. The normalized spacial score (nSPS) is 10.9. The topological polar surface area (TPSA) is 44.8 Å². The Hall–Kier alpha value is -3.01. The maximum absolute atomic E-state index is 12.4. The summed E-state index contributed by atoms with van der Waals surface area (Å²) in [5.74, 6) is 0.801. The summed E-state index contributed by atoms with van der Waals surface area (Å²) in [4.78, 5) is 12.4. The lowest BCUT2D eigenvalue weighted by Crippen LogP contribution is -2.09.